The molecule has 0 fully saturated rings. The van der Waals surface area contributed by atoms with Gasteiger partial charge in [0.05, 0.1) is 4.92 Å². The number of aromatic carboxylic acids is 1. The third kappa shape index (κ3) is 4.41. The molecule has 114 valence electrons. The van der Waals surface area contributed by atoms with Crippen LogP contribution >= 0.6 is 0 Å². The van der Waals surface area contributed by atoms with Crippen molar-refractivity contribution in [3.05, 3.63) is 27.9 Å². The fourth-order valence-electron chi connectivity index (χ4n) is 1.53. The number of carbonyl (C=O) groups excluding carboxylic acids is 1. The highest BCUT2D eigenvalue weighted by Gasteiger charge is 2.22. The molecule has 0 radical (unpaired) electrons. The molecule has 0 aliphatic rings. The summed E-state index contributed by atoms with van der Waals surface area (Å²) in [5, 5.41) is 25.0. The number of hydrogen-bond donors (Lipinski definition) is 3. The smallest absolute Gasteiger partial charge is 0.342 e. The number of carboxylic acids is 1. The van der Waals surface area contributed by atoms with Crippen molar-refractivity contribution < 1.29 is 19.6 Å². The molecule has 1 unspecified atom stereocenters. The van der Waals surface area contributed by atoms with E-state index in [-0.39, 0.29) is 11.7 Å². The lowest BCUT2D eigenvalue weighted by atomic mass is 10.2. The van der Waals surface area contributed by atoms with Crippen LogP contribution in [0.4, 0.5) is 11.5 Å². The molecule has 0 spiro atoms. The van der Waals surface area contributed by atoms with Crippen LogP contribution in [0.25, 0.3) is 0 Å². The van der Waals surface area contributed by atoms with Gasteiger partial charge in [0.25, 0.3) is 0 Å². The van der Waals surface area contributed by atoms with Crippen LogP contribution in [0.15, 0.2) is 12.3 Å². The number of nitrogens with one attached hydrogen (secondary N) is 2. The highest BCUT2D eigenvalue weighted by atomic mass is 16.6. The molecule has 1 amide bonds. The Morgan fingerprint density at radius 2 is 2.19 bits per heavy atom. The highest BCUT2D eigenvalue weighted by Crippen LogP contribution is 2.20. The van der Waals surface area contributed by atoms with Crippen LogP contribution in [-0.2, 0) is 4.79 Å². The maximum atomic E-state index is 11.7. The van der Waals surface area contributed by atoms with Crippen molar-refractivity contribution in [1.82, 2.24) is 10.3 Å². The second-order valence-electron chi connectivity index (χ2n) is 4.31. The first-order valence-corrected chi connectivity index (χ1v) is 6.28. The van der Waals surface area contributed by atoms with Gasteiger partial charge in [-0.25, -0.2) is 9.78 Å². The summed E-state index contributed by atoms with van der Waals surface area (Å²) in [6.07, 6.45) is 1.64. The predicted octanol–water partition coefficient (Wildman–Crippen LogP) is 1.01. The van der Waals surface area contributed by atoms with Gasteiger partial charge in [0, 0.05) is 12.6 Å². The Morgan fingerprint density at radius 3 is 2.71 bits per heavy atom. The zero-order valence-corrected chi connectivity index (χ0v) is 11.6. The zero-order valence-electron chi connectivity index (χ0n) is 11.6. The summed E-state index contributed by atoms with van der Waals surface area (Å²) >= 11 is 0. The molecule has 9 heteroatoms. The lowest BCUT2D eigenvalue weighted by molar-refractivity contribution is -0.385. The van der Waals surface area contributed by atoms with Gasteiger partial charge in [-0.3, -0.25) is 14.9 Å². The minimum atomic E-state index is -1.43. The largest absolute Gasteiger partial charge is 0.477 e. The summed E-state index contributed by atoms with van der Waals surface area (Å²) in [7, 11) is 0. The van der Waals surface area contributed by atoms with E-state index >= 15 is 0 Å². The molecule has 3 N–H and O–H groups in total. The number of nitro groups is 1. The topological polar surface area (TPSA) is 134 Å². The van der Waals surface area contributed by atoms with Crippen molar-refractivity contribution in [1.29, 1.82) is 0 Å². The van der Waals surface area contributed by atoms with E-state index in [9.17, 15) is 19.7 Å². The van der Waals surface area contributed by atoms with Crippen molar-refractivity contribution >= 4 is 23.4 Å². The molecular formula is C12H16N4O5. The number of amides is 1. The third-order valence-electron chi connectivity index (χ3n) is 2.62. The summed E-state index contributed by atoms with van der Waals surface area (Å²) < 4.78 is 0. The van der Waals surface area contributed by atoms with Crippen LogP contribution < -0.4 is 10.6 Å². The Balaban J connectivity index is 2.90. The third-order valence-corrected chi connectivity index (χ3v) is 2.62. The van der Waals surface area contributed by atoms with Gasteiger partial charge in [-0.05, 0) is 13.3 Å². The summed E-state index contributed by atoms with van der Waals surface area (Å²) in [4.78, 5) is 36.3. The lowest BCUT2D eigenvalue weighted by Gasteiger charge is -2.14. The summed E-state index contributed by atoms with van der Waals surface area (Å²) in [5.41, 5.74) is -1.09. The van der Waals surface area contributed by atoms with Crippen molar-refractivity contribution in [2.45, 2.75) is 26.3 Å². The molecule has 1 heterocycles. The van der Waals surface area contributed by atoms with Gasteiger partial charge in [0.15, 0.2) is 0 Å². The van der Waals surface area contributed by atoms with E-state index in [1.807, 2.05) is 6.92 Å². The average molecular weight is 296 g/mol. The number of pyridine rings is 1. The first kappa shape index (κ1) is 16.3. The molecule has 0 saturated heterocycles. The van der Waals surface area contributed by atoms with Gasteiger partial charge in [0.2, 0.25) is 5.91 Å². The van der Waals surface area contributed by atoms with Gasteiger partial charge in [-0.2, -0.15) is 0 Å². The maximum Gasteiger partial charge on any atom is 0.342 e. The lowest BCUT2D eigenvalue weighted by Crippen LogP contribution is -2.38. The predicted molar refractivity (Wildman–Crippen MR) is 74.2 cm³/mol. The zero-order chi connectivity index (χ0) is 16.0. The molecule has 9 nitrogen and oxygen atoms in total. The number of carboxylic acid groups (broad SMARTS) is 1. The Kier molecular flexibility index (Phi) is 5.58. The number of hydrogen-bond acceptors (Lipinski definition) is 6. The van der Waals surface area contributed by atoms with E-state index in [0.29, 0.717) is 6.54 Å². The molecule has 21 heavy (non-hydrogen) atoms. The number of rotatable bonds is 7. The second-order valence-corrected chi connectivity index (χ2v) is 4.31. The molecule has 0 bridgehead atoms. The van der Waals surface area contributed by atoms with Crippen LogP contribution in [0.1, 0.15) is 30.6 Å². The summed E-state index contributed by atoms with van der Waals surface area (Å²) in [6.45, 7) is 4.02. The van der Waals surface area contributed by atoms with Crippen molar-refractivity contribution in [3.63, 3.8) is 0 Å². The van der Waals surface area contributed by atoms with Crippen LogP contribution in [0.5, 0.6) is 0 Å². The van der Waals surface area contributed by atoms with Crippen LogP contribution in [0.3, 0.4) is 0 Å². The van der Waals surface area contributed by atoms with E-state index in [0.717, 1.165) is 18.7 Å². The number of anilines is 1. The fraction of sp³-hybridized carbons (Fsp3) is 0.417. The van der Waals surface area contributed by atoms with E-state index in [4.69, 9.17) is 5.11 Å². The molecule has 1 atom stereocenters. The van der Waals surface area contributed by atoms with Gasteiger partial charge < -0.3 is 15.7 Å². The normalized spacial score (nSPS) is 11.5. The van der Waals surface area contributed by atoms with E-state index < -0.39 is 28.2 Å². The van der Waals surface area contributed by atoms with Gasteiger partial charge in [-0.1, -0.05) is 6.92 Å². The van der Waals surface area contributed by atoms with Crippen LogP contribution in [-0.4, -0.2) is 39.5 Å². The van der Waals surface area contributed by atoms with Crippen LogP contribution in [0, 0.1) is 10.1 Å². The minimum Gasteiger partial charge on any atom is -0.477 e. The maximum absolute atomic E-state index is 11.7. The highest BCUT2D eigenvalue weighted by molar-refractivity contribution is 5.93. The summed E-state index contributed by atoms with van der Waals surface area (Å²) in [6, 6.07) is 0.386. The van der Waals surface area contributed by atoms with Crippen molar-refractivity contribution in [3.8, 4) is 0 Å². The van der Waals surface area contributed by atoms with Crippen molar-refractivity contribution in [2.24, 2.45) is 0 Å². The molecule has 1 aromatic heterocycles. The monoisotopic (exact) mass is 296 g/mol. The molecule has 0 saturated carbocycles. The molecule has 1 rings (SSSR count). The molecular weight excluding hydrogens is 280 g/mol. The Hall–Kier alpha value is -2.71. The van der Waals surface area contributed by atoms with E-state index in [2.05, 4.69) is 15.6 Å². The molecule has 0 aliphatic heterocycles. The second kappa shape index (κ2) is 7.17. The standard InChI is InChI=1S/C12H16N4O5/c1-3-4-13-11(17)7(2)15-10-5-8(12(18)19)9(6-14-10)16(20)21/h5-7H,3-4H2,1-2H3,(H,13,17)(H,14,15)(H,18,19). The number of aromatic nitrogens is 1. The first-order valence-electron chi connectivity index (χ1n) is 6.28. The quantitative estimate of drug-likeness (QED) is 0.505. The van der Waals surface area contributed by atoms with Gasteiger partial charge >= 0.3 is 11.7 Å². The molecule has 1 aromatic rings. The Labute approximate surface area is 120 Å². The fourth-order valence-corrected chi connectivity index (χ4v) is 1.53. The van der Waals surface area contributed by atoms with E-state index in [1.54, 1.807) is 6.92 Å². The summed E-state index contributed by atoms with van der Waals surface area (Å²) in [5.74, 6) is -1.62. The first-order chi connectivity index (χ1) is 9.86. The van der Waals surface area contributed by atoms with Gasteiger partial charge in [0.1, 0.15) is 23.6 Å². The SMILES string of the molecule is CCCNC(=O)C(C)Nc1cc(C(=O)O)c([N+](=O)[O-])cn1. The Morgan fingerprint density at radius 1 is 1.52 bits per heavy atom. The van der Waals surface area contributed by atoms with Crippen molar-refractivity contribution in [2.75, 3.05) is 11.9 Å². The van der Waals surface area contributed by atoms with Crippen LogP contribution in [0.2, 0.25) is 0 Å². The average Bonchev–Trinajstić information content (AvgIpc) is 2.44. The van der Waals surface area contributed by atoms with E-state index in [1.165, 1.54) is 0 Å². The Bertz CT molecular complexity index is 561. The molecule has 0 aromatic carbocycles. The minimum absolute atomic E-state index is 0.0807. The number of nitrogens with zero attached hydrogens (tertiary/aromatic N) is 2. The van der Waals surface area contributed by atoms with Gasteiger partial charge in [-0.15, -0.1) is 0 Å². The number of carbonyl (C=O) groups is 2. The molecule has 0 aliphatic carbocycles.